The number of rotatable bonds is 8. The van der Waals surface area contributed by atoms with Crippen LogP contribution in [0, 0.1) is 0 Å². The Kier molecular flexibility index (Phi) is 6.81. The van der Waals surface area contributed by atoms with E-state index < -0.39 is 0 Å². The molecule has 2 fully saturated rings. The third-order valence-corrected chi connectivity index (χ3v) is 5.18. The molecule has 0 radical (unpaired) electrons. The van der Waals surface area contributed by atoms with Crippen molar-refractivity contribution in [3.05, 3.63) is 30.3 Å². The van der Waals surface area contributed by atoms with Crippen molar-refractivity contribution in [3.8, 4) is 0 Å². The molecule has 146 valence electrons. The zero-order chi connectivity index (χ0) is 19.1. The van der Waals surface area contributed by atoms with Crippen molar-refractivity contribution >= 4 is 23.4 Å². The number of carbonyl (C=O) groups is 3. The molecule has 0 atom stereocenters. The first kappa shape index (κ1) is 19.4. The van der Waals surface area contributed by atoms with Gasteiger partial charge in [0.15, 0.2) is 0 Å². The Morgan fingerprint density at radius 2 is 1.59 bits per heavy atom. The summed E-state index contributed by atoms with van der Waals surface area (Å²) >= 11 is 0. The molecule has 27 heavy (non-hydrogen) atoms. The highest BCUT2D eigenvalue weighted by molar-refractivity contribution is 6.02. The second-order valence-electron chi connectivity index (χ2n) is 7.06. The van der Waals surface area contributed by atoms with Gasteiger partial charge in [-0.25, -0.2) is 0 Å². The van der Waals surface area contributed by atoms with Crippen LogP contribution >= 0.6 is 0 Å². The van der Waals surface area contributed by atoms with Crippen LogP contribution in [0.25, 0.3) is 0 Å². The fourth-order valence-electron chi connectivity index (χ4n) is 3.57. The summed E-state index contributed by atoms with van der Waals surface area (Å²) in [6.07, 6.45) is 1.64. The highest BCUT2D eigenvalue weighted by Gasteiger charge is 2.28. The number of benzene rings is 1. The molecule has 2 heterocycles. The molecule has 0 unspecified atom stereocenters. The van der Waals surface area contributed by atoms with Crippen molar-refractivity contribution in [2.24, 2.45) is 0 Å². The van der Waals surface area contributed by atoms with Crippen molar-refractivity contribution in [2.75, 3.05) is 50.7 Å². The number of hydrogen-bond donors (Lipinski definition) is 1. The summed E-state index contributed by atoms with van der Waals surface area (Å²) in [5, 5.41) is 2.89. The van der Waals surface area contributed by atoms with Gasteiger partial charge in [0.1, 0.15) is 0 Å². The summed E-state index contributed by atoms with van der Waals surface area (Å²) < 4.78 is 0. The van der Waals surface area contributed by atoms with Crippen LogP contribution in [-0.2, 0) is 14.4 Å². The zero-order valence-corrected chi connectivity index (χ0v) is 15.7. The van der Waals surface area contributed by atoms with Crippen LogP contribution in [0.15, 0.2) is 30.3 Å². The molecule has 0 spiro atoms. The molecule has 2 saturated heterocycles. The molecule has 2 aliphatic heterocycles. The van der Waals surface area contributed by atoms with Crippen molar-refractivity contribution in [1.29, 1.82) is 0 Å². The lowest BCUT2D eigenvalue weighted by atomic mass is 10.2. The summed E-state index contributed by atoms with van der Waals surface area (Å²) in [5.74, 6) is -0.429. The van der Waals surface area contributed by atoms with Gasteiger partial charge in [0, 0.05) is 64.2 Å². The Labute approximate surface area is 160 Å². The van der Waals surface area contributed by atoms with E-state index >= 15 is 0 Å². The lowest BCUT2D eigenvalue weighted by Gasteiger charge is -2.36. The molecular weight excluding hydrogens is 344 g/mol. The number of para-hydroxylation sites is 1. The van der Waals surface area contributed by atoms with Gasteiger partial charge in [-0.15, -0.1) is 0 Å². The molecule has 1 N–H and O–H groups in total. The molecule has 0 bridgehead atoms. The fourth-order valence-corrected chi connectivity index (χ4v) is 3.57. The number of amides is 3. The average molecular weight is 372 g/mol. The van der Waals surface area contributed by atoms with E-state index in [1.807, 2.05) is 6.07 Å². The molecule has 0 aliphatic carbocycles. The van der Waals surface area contributed by atoms with Gasteiger partial charge in [0.05, 0.1) is 0 Å². The third-order valence-electron chi connectivity index (χ3n) is 5.18. The Balaban J connectivity index is 1.26. The Hall–Kier alpha value is -2.41. The Bertz CT molecular complexity index is 640. The van der Waals surface area contributed by atoms with Crippen LogP contribution in [0.1, 0.15) is 25.7 Å². The predicted octanol–water partition coefficient (Wildman–Crippen LogP) is 0.854. The molecule has 3 amide bonds. The van der Waals surface area contributed by atoms with Gasteiger partial charge in [0.2, 0.25) is 17.7 Å². The molecule has 1 aromatic carbocycles. The van der Waals surface area contributed by atoms with Crippen LogP contribution in [-0.4, -0.2) is 73.3 Å². The van der Waals surface area contributed by atoms with E-state index in [1.165, 1.54) is 10.6 Å². The van der Waals surface area contributed by atoms with Crippen LogP contribution in [0.2, 0.25) is 0 Å². The summed E-state index contributed by atoms with van der Waals surface area (Å²) in [7, 11) is 0. The maximum absolute atomic E-state index is 11.9. The van der Waals surface area contributed by atoms with Crippen LogP contribution < -0.4 is 10.2 Å². The average Bonchev–Trinajstić information content (AvgIpc) is 3.02. The van der Waals surface area contributed by atoms with Crippen LogP contribution in [0.3, 0.4) is 0 Å². The number of nitrogens with one attached hydrogen (secondary N) is 1. The van der Waals surface area contributed by atoms with Gasteiger partial charge in [0.25, 0.3) is 0 Å². The minimum atomic E-state index is -0.164. The minimum absolute atomic E-state index is 0.101. The number of anilines is 1. The summed E-state index contributed by atoms with van der Waals surface area (Å²) in [6.45, 7) is 5.89. The zero-order valence-electron chi connectivity index (χ0n) is 15.7. The first-order chi connectivity index (χ1) is 13.1. The molecular formula is C20H28N4O3. The monoisotopic (exact) mass is 372 g/mol. The highest BCUT2D eigenvalue weighted by Crippen LogP contribution is 2.15. The van der Waals surface area contributed by atoms with Gasteiger partial charge in [-0.1, -0.05) is 18.2 Å². The molecule has 3 rings (SSSR count). The fraction of sp³-hybridized carbons (Fsp3) is 0.550. The molecule has 1 aromatic rings. The molecule has 7 heteroatoms. The van der Waals surface area contributed by atoms with E-state index in [0.29, 0.717) is 6.54 Å². The predicted molar refractivity (Wildman–Crippen MR) is 103 cm³/mol. The second-order valence-corrected chi connectivity index (χ2v) is 7.06. The lowest BCUT2D eigenvalue weighted by molar-refractivity contribution is -0.138. The van der Waals surface area contributed by atoms with Crippen molar-refractivity contribution in [3.63, 3.8) is 0 Å². The van der Waals surface area contributed by atoms with E-state index in [9.17, 15) is 14.4 Å². The maximum atomic E-state index is 11.9. The summed E-state index contributed by atoms with van der Waals surface area (Å²) in [6, 6.07) is 10.5. The molecule has 0 aromatic heterocycles. The minimum Gasteiger partial charge on any atom is -0.369 e. The van der Waals surface area contributed by atoms with E-state index in [1.54, 1.807) is 0 Å². The Morgan fingerprint density at radius 3 is 2.26 bits per heavy atom. The Morgan fingerprint density at radius 1 is 0.926 bits per heavy atom. The number of nitrogens with zero attached hydrogens (tertiary/aromatic N) is 3. The first-order valence-corrected chi connectivity index (χ1v) is 9.76. The van der Waals surface area contributed by atoms with Crippen LogP contribution in [0.5, 0.6) is 0 Å². The smallest absolute Gasteiger partial charge is 0.229 e. The topological polar surface area (TPSA) is 73.0 Å². The summed E-state index contributed by atoms with van der Waals surface area (Å²) in [5.41, 5.74) is 1.28. The van der Waals surface area contributed by atoms with Crippen molar-refractivity contribution < 1.29 is 14.4 Å². The third kappa shape index (κ3) is 5.53. The van der Waals surface area contributed by atoms with Gasteiger partial charge in [-0.05, 0) is 25.1 Å². The van der Waals surface area contributed by atoms with E-state index in [0.717, 1.165) is 39.1 Å². The number of carbonyl (C=O) groups excluding carboxylic acids is 3. The highest BCUT2D eigenvalue weighted by atomic mass is 16.2. The van der Waals surface area contributed by atoms with Gasteiger partial charge < -0.3 is 10.2 Å². The number of hydrogen-bond acceptors (Lipinski definition) is 5. The van der Waals surface area contributed by atoms with Gasteiger partial charge >= 0.3 is 0 Å². The SMILES string of the molecule is O=C(CCN1C(=O)CCC1=O)NCCCN1CCN(c2ccccc2)CC1. The van der Waals surface area contributed by atoms with Gasteiger partial charge in [-0.2, -0.15) is 0 Å². The van der Waals surface area contributed by atoms with E-state index in [2.05, 4.69) is 39.4 Å². The molecule has 2 aliphatic rings. The van der Waals surface area contributed by atoms with Crippen molar-refractivity contribution in [2.45, 2.75) is 25.7 Å². The van der Waals surface area contributed by atoms with Crippen LogP contribution in [0.4, 0.5) is 5.69 Å². The van der Waals surface area contributed by atoms with Gasteiger partial charge in [-0.3, -0.25) is 24.2 Å². The standard InChI is InChI=1S/C20H28N4O3/c25-18(9-12-24-19(26)7-8-20(24)27)21-10-4-11-22-13-15-23(16-14-22)17-5-2-1-3-6-17/h1-3,5-6H,4,7-16H2,(H,21,25). The first-order valence-electron chi connectivity index (χ1n) is 9.76. The molecule has 7 nitrogen and oxygen atoms in total. The van der Waals surface area contributed by atoms with Crippen molar-refractivity contribution in [1.82, 2.24) is 15.1 Å². The molecule has 0 saturated carbocycles. The largest absolute Gasteiger partial charge is 0.369 e. The number of likely N-dealkylation sites (tertiary alicyclic amines) is 1. The lowest BCUT2D eigenvalue weighted by Crippen LogP contribution is -2.47. The maximum Gasteiger partial charge on any atom is 0.229 e. The quantitative estimate of drug-likeness (QED) is 0.541. The normalized spacial score (nSPS) is 18.2. The van der Waals surface area contributed by atoms with E-state index in [-0.39, 0.29) is 43.5 Å². The van der Waals surface area contributed by atoms with E-state index in [4.69, 9.17) is 0 Å². The summed E-state index contributed by atoms with van der Waals surface area (Å²) in [4.78, 5) is 40.9. The second kappa shape index (κ2) is 9.50. The number of piperazine rings is 1. The number of imide groups is 1.